The average Bonchev–Trinajstić information content (AvgIpc) is 2.75. The van der Waals surface area contributed by atoms with Crippen LogP contribution in [-0.2, 0) is 22.6 Å². The van der Waals surface area contributed by atoms with Gasteiger partial charge in [-0.25, -0.2) is 0 Å². The molecule has 29 heavy (non-hydrogen) atoms. The summed E-state index contributed by atoms with van der Waals surface area (Å²) in [4.78, 5) is 27.7. The number of hydrogen-bond donors (Lipinski definition) is 1. The van der Waals surface area contributed by atoms with Crippen molar-refractivity contribution >= 4 is 17.5 Å². The van der Waals surface area contributed by atoms with E-state index in [0.717, 1.165) is 50.9 Å². The van der Waals surface area contributed by atoms with E-state index < -0.39 is 0 Å². The molecule has 0 unspecified atom stereocenters. The van der Waals surface area contributed by atoms with Crippen LogP contribution in [0.4, 0.5) is 5.69 Å². The quantitative estimate of drug-likeness (QED) is 0.830. The molecule has 0 spiro atoms. The Balaban J connectivity index is 1.30. The van der Waals surface area contributed by atoms with Crippen LogP contribution < -0.4 is 5.32 Å². The number of hydrogen-bond acceptors (Lipinski definition) is 2. The average molecular weight is 391 g/mol. The van der Waals surface area contributed by atoms with Gasteiger partial charge in [0.05, 0.1) is 0 Å². The van der Waals surface area contributed by atoms with Gasteiger partial charge in [0.25, 0.3) is 0 Å². The van der Waals surface area contributed by atoms with E-state index in [1.165, 1.54) is 22.3 Å². The number of carbonyl (C=O) groups is 2. The van der Waals surface area contributed by atoms with Crippen LogP contribution in [0.1, 0.15) is 47.9 Å². The van der Waals surface area contributed by atoms with Crippen molar-refractivity contribution in [3.8, 4) is 0 Å². The Morgan fingerprint density at radius 2 is 1.59 bits per heavy atom. The van der Waals surface area contributed by atoms with Crippen molar-refractivity contribution in [2.75, 3.05) is 11.9 Å². The van der Waals surface area contributed by atoms with Crippen LogP contribution in [0.2, 0.25) is 0 Å². The normalized spacial score (nSPS) is 21.4. The Morgan fingerprint density at radius 3 is 2.31 bits per heavy atom. The molecule has 1 aliphatic heterocycles. The molecule has 0 aromatic heterocycles. The van der Waals surface area contributed by atoms with Gasteiger partial charge in [-0.1, -0.05) is 30.3 Å². The van der Waals surface area contributed by atoms with Gasteiger partial charge in [0, 0.05) is 30.6 Å². The fourth-order valence-electron chi connectivity index (χ4n) is 4.61. The molecule has 1 heterocycles. The molecule has 2 aromatic rings. The van der Waals surface area contributed by atoms with Crippen LogP contribution in [0.25, 0.3) is 0 Å². The molecule has 4 rings (SSSR count). The molecule has 2 aromatic carbocycles. The minimum atomic E-state index is 0.00254. The van der Waals surface area contributed by atoms with Crippen molar-refractivity contribution < 1.29 is 9.59 Å². The summed E-state index contributed by atoms with van der Waals surface area (Å²) in [6.07, 6.45) is 4.13. The topological polar surface area (TPSA) is 49.4 Å². The lowest BCUT2D eigenvalue weighted by atomic mass is 9.80. The van der Waals surface area contributed by atoms with Crippen LogP contribution in [0, 0.1) is 25.7 Å². The van der Waals surface area contributed by atoms with Gasteiger partial charge in [-0.2, -0.15) is 0 Å². The lowest BCUT2D eigenvalue weighted by molar-refractivity contribution is -0.138. The lowest BCUT2D eigenvalue weighted by Crippen LogP contribution is -2.41. The summed E-state index contributed by atoms with van der Waals surface area (Å²) in [6, 6.07) is 14.4. The zero-order chi connectivity index (χ0) is 20.4. The zero-order valence-electron chi connectivity index (χ0n) is 17.4. The summed E-state index contributed by atoms with van der Waals surface area (Å²) in [7, 11) is 0. The maximum Gasteiger partial charge on any atom is 0.227 e. The van der Waals surface area contributed by atoms with Crippen molar-refractivity contribution in [3.63, 3.8) is 0 Å². The molecule has 0 bridgehead atoms. The van der Waals surface area contributed by atoms with Gasteiger partial charge >= 0.3 is 0 Å². The summed E-state index contributed by atoms with van der Waals surface area (Å²) in [5.74, 6) is 0.423. The minimum Gasteiger partial charge on any atom is -0.338 e. The number of rotatable bonds is 3. The van der Waals surface area contributed by atoms with Gasteiger partial charge in [-0.15, -0.1) is 0 Å². The molecule has 1 fully saturated rings. The third kappa shape index (κ3) is 4.36. The van der Waals surface area contributed by atoms with Gasteiger partial charge < -0.3 is 10.2 Å². The monoisotopic (exact) mass is 390 g/mol. The highest BCUT2D eigenvalue weighted by Gasteiger charge is 2.33. The SMILES string of the molecule is Cc1ccc(NC(=O)C2CCC(C(=O)N3CCc4ccccc4C3)CC2)cc1C. The van der Waals surface area contributed by atoms with E-state index in [2.05, 4.69) is 37.4 Å². The minimum absolute atomic E-state index is 0.00254. The van der Waals surface area contributed by atoms with Gasteiger partial charge in [0.2, 0.25) is 11.8 Å². The molecule has 4 heteroatoms. The second-order valence-corrected chi connectivity index (χ2v) is 8.62. The van der Waals surface area contributed by atoms with Crippen LogP contribution >= 0.6 is 0 Å². The Hall–Kier alpha value is -2.62. The number of fused-ring (bicyclic) bond motifs is 1. The lowest BCUT2D eigenvalue weighted by Gasteiger charge is -2.34. The predicted molar refractivity (Wildman–Crippen MR) is 116 cm³/mol. The van der Waals surface area contributed by atoms with E-state index in [0.29, 0.717) is 0 Å². The smallest absolute Gasteiger partial charge is 0.227 e. The van der Waals surface area contributed by atoms with Crippen molar-refractivity contribution in [3.05, 3.63) is 64.7 Å². The Kier molecular flexibility index (Phi) is 5.70. The number of amides is 2. The molecule has 0 saturated heterocycles. The van der Waals surface area contributed by atoms with E-state index in [-0.39, 0.29) is 23.7 Å². The molecule has 152 valence electrons. The molecule has 4 nitrogen and oxygen atoms in total. The van der Waals surface area contributed by atoms with E-state index in [4.69, 9.17) is 0 Å². The maximum absolute atomic E-state index is 13.0. The van der Waals surface area contributed by atoms with Crippen molar-refractivity contribution in [2.24, 2.45) is 11.8 Å². The second kappa shape index (κ2) is 8.40. The maximum atomic E-state index is 13.0. The van der Waals surface area contributed by atoms with E-state index in [9.17, 15) is 9.59 Å². The first kappa shape index (κ1) is 19.7. The van der Waals surface area contributed by atoms with Crippen LogP contribution in [-0.4, -0.2) is 23.3 Å². The highest BCUT2D eigenvalue weighted by Crippen LogP contribution is 2.32. The summed E-state index contributed by atoms with van der Waals surface area (Å²) in [5.41, 5.74) is 5.91. The first-order valence-electron chi connectivity index (χ1n) is 10.7. The second-order valence-electron chi connectivity index (χ2n) is 8.62. The Morgan fingerprint density at radius 1 is 0.897 bits per heavy atom. The third-order valence-corrected chi connectivity index (χ3v) is 6.66. The first-order chi connectivity index (χ1) is 14.0. The molecule has 1 aliphatic carbocycles. The summed E-state index contributed by atoms with van der Waals surface area (Å²) < 4.78 is 0. The van der Waals surface area contributed by atoms with Crippen molar-refractivity contribution in [1.29, 1.82) is 0 Å². The third-order valence-electron chi connectivity index (χ3n) is 6.66. The van der Waals surface area contributed by atoms with E-state index >= 15 is 0 Å². The molecule has 0 radical (unpaired) electrons. The van der Waals surface area contributed by atoms with Crippen LogP contribution in [0.3, 0.4) is 0 Å². The van der Waals surface area contributed by atoms with Gasteiger partial charge in [0.1, 0.15) is 0 Å². The summed E-state index contributed by atoms with van der Waals surface area (Å²) in [6.45, 7) is 5.66. The highest BCUT2D eigenvalue weighted by atomic mass is 16.2. The number of carbonyl (C=O) groups excluding carboxylic acids is 2. The van der Waals surface area contributed by atoms with Crippen molar-refractivity contribution in [1.82, 2.24) is 4.90 Å². The number of nitrogens with zero attached hydrogens (tertiary/aromatic N) is 1. The van der Waals surface area contributed by atoms with E-state index in [1.54, 1.807) is 0 Å². The number of nitrogens with one attached hydrogen (secondary N) is 1. The highest BCUT2D eigenvalue weighted by molar-refractivity contribution is 5.93. The van der Waals surface area contributed by atoms with Gasteiger partial charge in [0.15, 0.2) is 0 Å². The summed E-state index contributed by atoms with van der Waals surface area (Å²) >= 11 is 0. The molecule has 2 aliphatic rings. The van der Waals surface area contributed by atoms with Crippen LogP contribution in [0.15, 0.2) is 42.5 Å². The predicted octanol–water partition coefficient (Wildman–Crippen LogP) is 4.63. The van der Waals surface area contributed by atoms with Crippen LogP contribution in [0.5, 0.6) is 0 Å². The first-order valence-corrected chi connectivity index (χ1v) is 10.7. The van der Waals surface area contributed by atoms with E-state index in [1.807, 2.05) is 29.2 Å². The molecular weight excluding hydrogens is 360 g/mol. The number of anilines is 1. The standard InChI is InChI=1S/C25H30N2O2/c1-17-7-12-23(15-18(17)2)26-24(28)20-8-10-21(11-9-20)25(29)27-14-13-19-5-3-4-6-22(19)16-27/h3-7,12,15,20-21H,8-11,13-14,16H2,1-2H3,(H,26,28). The molecule has 2 amide bonds. The fourth-order valence-corrected chi connectivity index (χ4v) is 4.61. The Labute approximate surface area is 173 Å². The molecule has 1 N–H and O–H groups in total. The van der Waals surface area contributed by atoms with Gasteiger partial charge in [-0.3, -0.25) is 9.59 Å². The molecule has 0 atom stereocenters. The zero-order valence-corrected chi connectivity index (χ0v) is 17.4. The fraction of sp³-hybridized carbons (Fsp3) is 0.440. The Bertz CT molecular complexity index is 913. The van der Waals surface area contributed by atoms with Crippen molar-refractivity contribution in [2.45, 2.75) is 52.5 Å². The largest absolute Gasteiger partial charge is 0.338 e. The number of aryl methyl sites for hydroxylation is 2. The molecular formula is C25H30N2O2. The molecule has 1 saturated carbocycles. The van der Waals surface area contributed by atoms with Gasteiger partial charge in [-0.05, 0) is 80.3 Å². The number of benzene rings is 2. The summed E-state index contributed by atoms with van der Waals surface area (Å²) in [5, 5.41) is 3.06.